The van der Waals surface area contributed by atoms with Crippen LogP contribution in [0.15, 0.2) is 47.4 Å². The highest BCUT2D eigenvalue weighted by molar-refractivity contribution is 7.92. The van der Waals surface area contributed by atoms with E-state index in [2.05, 4.69) is 4.72 Å². The number of benzene rings is 2. The number of nitrogens with one attached hydrogen (secondary N) is 1. The Bertz CT molecular complexity index is 1010. The molecule has 0 aromatic heterocycles. The third-order valence-electron chi connectivity index (χ3n) is 5.23. The molecular formula is C23H33N3O5S. The van der Waals surface area contributed by atoms with Crippen LogP contribution < -0.4 is 14.4 Å². The summed E-state index contributed by atoms with van der Waals surface area (Å²) in [5, 5.41) is 0. The van der Waals surface area contributed by atoms with Gasteiger partial charge in [-0.1, -0.05) is 6.92 Å². The Kier molecular flexibility index (Phi) is 8.91. The van der Waals surface area contributed by atoms with E-state index in [0.29, 0.717) is 18.0 Å². The maximum atomic E-state index is 12.9. The first-order valence-electron chi connectivity index (χ1n) is 10.4. The maximum absolute atomic E-state index is 12.9. The zero-order valence-electron chi connectivity index (χ0n) is 19.6. The number of methoxy groups -OCH3 is 2. The van der Waals surface area contributed by atoms with Gasteiger partial charge in [-0.3, -0.25) is 9.52 Å². The van der Waals surface area contributed by atoms with Crippen LogP contribution >= 0.6 is 0 Å². The highest BCUT2D eigenvalue weighted by Crippen LogP contribution is 2.27. The molecule has 32 heavy (non-hydrogen) atoms. The van der Waals surface area contributed by atoms with Crippen LogP contribution in [0.4, 0.5) is 11.4 Å². The first-order valence-corrected chi connectivity index (χ1v) is 11.9. The second-order valence-electron chi connectivity index (χ2n) is 7.73. The predicted molar refractivity (Wildman–Crippen MR) is 127 cm³/mol. The van der Waals surface area contributed by atoms with E-state index in [9.17, 15) is 13.2 Å². The Balaban J connectivity index is 2.38. The SMILES string of the molecule is CC[C@H](C)N(Cc1cc(NS(=O)(=O)c2ccc(OC)cc2)ccc1N(C)C)C(=O)COC. The van der Waals surface area contributed by atoms with Gasteiger partial charge in [0.05, 0.1) is 12.0 Å². The molecule has 0 aliphatic carbocycles. The van der Waals surface area contributed by atoms with Crippen molar-refractivity contribution in [2.45, 2.75) is 37.8 Å². The smallest absolute Gasteiger partial charge is 0.261 e. The Morgan fingerprint density at radius 2 is 1.75 bits per heavy atom. The molecule has 1 atom stereocenters. The third kappa shape index (κ3) is 6.37. The molecule has 0 aliphatic heterocycles. The fourth-order valence-corrected chi connectivity index (χ4v) is 4.33. The zero-order chi connectivity index (χ0) is 23.9. The minimum atomic E-state index is -3.78. The van der Waals surface area contributed by atoms with Gasteiger partial charge in [0, 0.05) is 45.2 Å². The van der Waals surface area contributed by atoms with Crippen molar-refractivity contribution in [3.63, 3.8) is 0 Å². The normalized spacial score (nSPS) is 12.2. The van der Waals surface area contributed by atoms with E-state index in [0.717, 1.165) is 17.7 Å². The summed E-state index contributed by atoms with van der Waals surface area (Å²) in [6.45, 7) is 4.33. The van der Waals surface area contributed by atoms with E-state index < -0.39 is 10.0 Å². The van der Waals surface area contributed by atoms with E-state index in [-0.39, 0.29) is 23.5 Å². The van der Waals surface area contributed by atoms with Gasteiger partial charge in [-0.2, -0.15) is 0 Å². The Labute approximate surface area is 191 Å². The van der Waals surface area contributed by atoms with E-state index in [1.165, 1.54) is 26.4 Å². The topological polar surface area (TPSA) is 88.2 Å². The number of anilines is 2. The number of ether oxygens (including phenoxy) is 2. The Morgan fingerprint density at radius 3 is 2.28 bits per heavy atom. The standard InChI is InChI=1S/C23H33N3O5S/c1-7-17(2)26(23(27)16-30-5)15-18-14-19(8-13-22(18)25(3)4)24-32(28,29)21-11-9-20(31-6)10-12-21/h8-14,17,24H,7,15-16H2,1-6H3/t17-/m0/s1. The first kappa shape index (κ1) is 25.5. The zero-order valence-corrected chi connectivity index (χ0v) is 20.4. The molecule has 0 spiro atoms. The molecule has 2 aromatic carbocycles. The molecule has 0 saturated heterocycles. The van der Waals surface area contributed by atoms with Gasteiger partial charge in [0.2, 0.25) is 5.91 Å². The lowest BCUT2D eigenvalue weighted by atomic mass is 10.1. The highest BCUT2D eigenvalue weighted by Gasteiger charge is 2.22. The minimum absolute atomic E-state index is 0.00677. The highest BCUT2D eigenvalue weighted by atomic mass is 32.2. The number of nitrogens with zero attached hydrogens (tertiary/aromatic N) is 2. The molecule has 9 heteroatoms. The molecule has 0 saturated carbocycles. The van der Waals surface area contributed by atoms with Crippen LogP contribution in [-0.4, -0.2) is 60.2 Å². The van der Waals surface area contributed by atoms with Gasteiger partial charge in [0.25, 0.3) is 10.0 Å². The number of rotatable bonds is 11. The molecule has 0 fully saturated rings. The number of sulfonamides is 1. The summed E-state index contributed by atoms with van der Waals surface area (Å²) in [6, 6.07) is 11.5. The van der Waals surface area contributed by atoms with Crippen molar-refractivity contribution in [3.8, 4) is 5.75 Å². The van der Waals surface area contributed by atoms with E-state index in [4.69, 9.17) is 9.47 Å². The molecule has 8 nitrogen and oxygen atoms in total. The van der Waals surface area contributed by atoms with E-state index >= 15 is 0 Å². The van der Waals surface area contributed by atoms with Gasteiger partial charge in [0.15, 0.2) is 0 Å². The van der Waals surface area contributed by atoms with Crippen molar-refractivity contribution in [3.05, 3.63) is 48.0 Å². The Hall–Kier alpha value is -2.78. The van der Waals surface area contributed by atoms with Gasteiger partial charge in [-0.05, 0) is 61.4 Å². The van der Waals surface area contributed by atoms with Crippen LogP contribution in [0.1, 0.15) is 25.8 Å². The lowest BCUT2D eigenvalue weighted by Gasteiger charge is -2.30. The second kappa shape index (κ2) is 11.2. The lowest BCUT2D eigenvalue weighted by Crippen LogP contribution is -2.40. The molecule has 0 unspecified atom stereocenters. The Morgan fingerprint density at radius 1 is 1.09 bits per heavy atom. The summed E-state index contributed by atoms with van der Waals surface area (Å²) in [7, 11) is 3.05. The molecule has 0 aliphatic rings. The number of carbonyl (C=O) groups is 1. The minimum Gasteiger partial charge on any atom is -0.497 e. The number of carbonyl (C=O) groups excluding carboxylic acids is 1. The van der Waals surface area contributed by atoms with Crippen LogP contribution in [0.25, 0.3) is 0 Å². The fourth-order valence-electron chi connectivity index (χ4n) is 3.28. The lowest BCUT2D eigenvalue weighted by molar-refractivity contribution is -0.138. The summed E-state index contributed by atoms with van der Waals surface area (Å²) < 4.78 is 38.5. The summed E-state index contributed by atoms with van der Waals surface area (Å²) in [4.78, 5) is 16.5. The molecule has 2 rings (SSSR count). The van der Waals surface area contributed by atoms with Gasteiger partial charge in [-0.25, -0.2) is 8.42 Å². The molecule has 0 bridgehead atoms. The average Bonchev–Trinajstić information content (AvgIpc) is 2.76. The molecule has 1 N–H and O–H groups in total. The number of hydrogen-bond acceptors (Lipinski definition) is 6. The van der Waals surface area contributed by atoms with Gasteiger partial charge in [0.1, 0.15) is 12.4 Å². The van der Waals surface area contributed by atoms with Crippen LogP contribution in [-0.2, 0) is 26.1 Å². The predicted octanol–water partition coefficient (Wildman–Crippen LogP) is 3.34. The number of amides is 1. The molecule has 2 aromatic rings. The van der Waals surface area contributed by atoms with Crippen LogP contribution in [0.2, 0.25) is 0 Å². The quantitative estimate of drug-likeness (QED) is 0.550. The molecule has 176 valence electrons. The summed E-state index contributed by atoms with van der Waals surface area (Å²) in [6.07, 6.45) is 0.788. The first-order chi connectivity index (χ1) is 15.1. The second-order valence-corrected chi connectivity index (χ2v) is 9.41. The summed E-state index contributed by atoms with van der Waals surface area (Å²) >= 11 is 0. The molecule has 1 amide bonds. The molecule has 0 heterocycles. The van der Waals surface area contributed by atoms with Gasteiger partial charge in [-0.15, -0.1) is 0 Å². The van der Waals surface area contributed by atoms with E-state index in [1.54, 1.807) is 29.2 Å². The van der Waals surface area contributed by atoms with Crippen molar-refractivity contribution < 1.29 is 22.7 Å². The van der Waals surface area contributed by atoms with Crippen molar-refractivity contribution in [1.82, 2.24) is 4.90 Å². The van der Waals surface area contributed by atoms with Gasteiger partial charge < -0.3 is 19.3 Å². The van der Waals surface area contributed by atoms with E-state index in [1.807, 2.05) is 38.9 Å². The summed E-state index contributed by atoms with van der Waals surface area (Å²) in [5.74, 6) is 0.461. The van der Waals surface area contributed by atoms with Crippen LogP contribution in [0, 0.1) is 0 Å². The van der Waals surface area contributed by atoms with Crippen LogP contribution in [0.3, 0.4) is 0 Å². The molecular weight excluding hydrogens is 430 g/mol. The third-order valence-corrected chi connectivity index (χ3v) is 6.63. The average molecular weight is 464 g/mol. The van der Waals surface area contributed by atoms with Crippen molar-refractivity contribution in [2.24, 2.45) is 0 Å². The fraction of sp³-hybridized carbons (Fsp3) is 0.435. The van der Waals surface area contributed by atoms with Crippen molar-refractivity contribution in [2.75, 3.05) is 44.5 Å². The van der Waals surface area contributed by atoms with Crippen molar-refractivity contribution in [1.29, 1.82) is 0 Å². The largest absolute Gasteiger partial charge is 0.497 e. The molecule has 0 radical (unpaired) electrons. The van der Waals surface area contributed by atoms with Gasteiger partial charge >= 0.3 is 0 Å². The van der Waals surface area contributed by atoms with Crippen LogP contribution in [0.5, 0.6) is 5.75 Å². The van der Waals surface area contributed by atoms with Crippen molar-refractivity contribution >= 4 is 27.3 Å². The monoisotopic (exact) mass is 463 g/mol. The maximum Gasteiger partial charge on any atom is 0.261 e. The summed E-state index contributed by atoms with van der Waals surface area (Å²) in [5.41, 5.74) is 2.15. The number of hydrogen-bond donors (Lipinski definition) is 1.